The van der Waals surface area contributed by atoms with Crippen molar-refractivity contribution in [1.29, 1.82) is 0 Å². The van der Waals surface area contributed by atoms with Crippen molar-refractivity contribution in [3.05, 3.63) is 64.8 Å². The number of rotatable bonds is 5. The van der Waals surface area contributed by atoms with E-state index < -0.39 is 5.60 Å². The third kappa shape index (κ3) is 3.77. The fourth-order valence-electron chi connectivity index (χ4n) is 5.42. The predicted octanol–water partition coefficient (Wildman–Crippen LogP) is 5.83. The minimum absolute atomic E-state index is 0.395. The summed E-state index contributed by atoms with van der Waals surface area (Å²) in [5.41, 5.74) is 5.76. The van der Waals surface area contributed by atoms with Gasteiger partial charge in [-0.05, 0) is 87.2 Å². The number of aromatic nitrogens is 1. The van der Waals surface area contributed by atoms with Crippen LogP contribution in [0.4, 0.5) is 0 Å². The van der Waals surface area contributed by atoms with Crippen LogP contribution in [0, 0.1) is 12.3 Å². The van der Waals surface area contributed by atoms with Gasteiger partial charge in [-0.1, -0.05) is 24.3 Å². The van der Waals surface area contributed by atoms with E-state index in [0.29, 0.717) is 11.5 Å². The first kappa shape index (κ1) is 20.6. The molecule has 1 aromatic heterocycles. The van der Waals surface area contributed by atoms with Crippen LogP contribution in [-0.2, 0) is 12.1 Å². The lowest BCUT2D eigenvalue weighted by atomic mass is 9.83. The summed E-state index contributed by atoms with van der Waals surface area (Å²) < 4.78 is 5.82. The smallest absolute Gasteiger partial charge is 0.124 e. The zero-order chi connectivity index (χ0) is 21.8. The molecule has 0 radical (unpaired) electrons. The van der Waals surface area contributed by atoms with Crippen LogP contribution in [0.15, 0.2) is 42.6 Å². The normalized spacial score (nSPS) is 21.0. The summed E-state index contributed by atoms with van der Waals surface area (Å²) in [6, 6.07) is 13.4. The van der Waals surface area contributed by atoms with Crippen LogP contribution in [0.5, 0.6) is 5.75 Å². The molecule has 4 heteroatoms. The number of piperidine rings is 1. The number of benzene rings is 2. The largest absolute Gasteiger partial charge is 0.496 e. The number of H-pyrrole nitrogens is 1. The lowest BCUT2D eigenvalue weighted by Crippen LogP contribution is -2.37. The zero-order valence-electron chi connectivity index (χ0n) is 19.2. The molecule has 1 aliphatic carbocycles. The second-order valence-electron chi connectivity index (χ2n) is 10.3. The molecule has 1 atom stereocenters. The number of fused-ring (bicyclic) bond motifs is 1. The van der Waals surface area contributed by atoms with E-state index >= 15 is 0 Å². The zero-order valence-corrected chi connectivity index (χ0v) is 19.2. The molecule has 1 saturated carbocycles. The van der Waals surface area contributed by atoms with Gasteiger partial charge in [0.1, 0.15) is 5.75 Å². The lowest BCUT2D eigenvalue weighted by Gasteiger charge is -2.41. The summed E-state index contributed by atoms with van der Waals surface area (Å²) in [7, 11) is 1.78. The molecule has 2 aliphatic rings. The second-order valence-corrected chi connectivity index (χ2v) is 10.3. The molecule has 0 bridgehead atoms. The van der Waals surface area contributed by atoms with Gasteiger partial charge in [-0.25, -0.2) is 0 Å². The van der Waals surface area contributed by atoms with Crippen molar-refractivity contribution in [3.8, 4) is 5.75 Å². The van der Waals surface area contributed by atoms with Crippen LogP contribution in [0.2, 0.25) is 0 Å². The van der Waals surface area contributed by atoms with Crippen molar-refractivity contribution < 1.29 is 9.84 Å². The third-order valence-corrected chi connectivity index (χ3v) is 7.65. The second kappa shape index (κ2) is 7.39. The molecule has 2 N–H and O–H groups in total. The number of aromatic amines is 1. The molecule has 2 heterocycles. The van der Waals surface area contributed by atoms with Gasteiger partial charge in [-0.3, -0.25) is 4.90 Å². The van der Waals surface area contributed by atoms with E-state index in [-0.39, 0.29) is 0 Å². The van der Waals surface area contributed by atoms with Crippen molar-refractivity contribution in [2.45, 2.75) is 64.6 Å². The Morgan fingerprint density at radius 3 is 2.55 bits per heavy atom. The Hall–Kier alpha value is -2.30. The molecule has 4 nitrogen and oxygen atoms in total. The molecular weight excluding hydrogens is 384 g/mol. The lowest BCUT2D eigenvalue weighted by molar-refractivity contribution is 0.0781. The summed E-state index contributed by atoms with van der Waals surface area (Å²) in [6.07, 6.45) is 7.28. The van der Waals surface area contributed by atoms with Gasteiger partial charge in [0.05, 0.1) is 12.7 Å². The van der Waals surface area contributed by atoms with Crippen LogP contribution >= 0.6 is 0 Å². The standard InChI is InChI=1S/C27H34N2O2/c1-18-15-24(31-4)22(21-9-13-28-25(18)21)17-29-14-12-27(10-11-27)16-23(29)19-5-7-20(8-6-19)26(2,3)30/h5-9,13,15,23,28,30H,10-12,14,16-17H2,1-4H3/t23-/m0/s1. The number of nitrogens with one attached hydrogen (secondary N) is 1. The molecule has 3 aromatic rings. The van der Waals surface area contributed by atoms with Crippen molar-refractivity contribution in [3.63, 3.8) is 0 Å². The number of nitrogens with zero attached hydrogens (tertiary/aromatic N) is 1. The van der Waals surface area contributed by atoms with Gasteiger partial charge in [0, 0.05) is 35.2 Å². The minimum atomic E-state index is -0.808. The van der Waals surface area contributed by atoms with E-state index in [1.807, 2.05) is 20.0 Å². The fourth-order valence-corrected chi connectivity index (χ4v) is 5.42. The third-order valence-electron chi connectivity index (χ3n) is 7.65. The van der Waals surface area contributed by atoms with E-state index in [2.05, 4.69) is 53.2 Å². The minimum Gasteiger partial charge on any atom is -0.496 e. The highest BCUT2D eigenvalue weighted by Gasteiger charge is 2.48. The first-order valence-corrected chi connectivity index (χ1v) is 11.5. The number of aryl methyl sites for hydroxylation is 1. The predicted molar refractivity (Wildman–Crippen MR) is 125 cm³/mol. The molecular formula is C27H34N2O2. The van der Waals surface area contributed by atoms with Crippen LogP contribution in [0.25, 0.3) is 10.9 Å². The van der Waals surface area contributed by atoms with Gasteiger partial charge in [0.25, 0.3) is 0 Å². The number of likely N-dealkylation sites (tertiary alicyclic amines) is 1. The van der Waals surface area contributed by atoms with Gasteiger partial charge in [-0.15, -0.1) is 0 Å². The Morgan fingerprint density at radius 2 is 1.90 bits per heavy atom. The maximum atomic E-state index is 10.4. The molecule has 2 fully saturated rings. The number of hydrogen-bond acceptors (Lipinski definition) is 3. The molecule has 0 unspecified atom stereocenters. The average Bonchev–Trinajstić information content (AvgIpc) is 3.30. The maximum Gasteiger partial charge on any atom is 0.124 e. The van der Waals surface area contributed by atoms with Crippen molar-refractivity contribution >= 4 is 10.9 Å². The molecule has 2 aromatic carbocycles. The van der Waals surface area contributed by atoms with Gasteiger partial charge < -0.3 is 14.8 Å². The first-order chi connectivity index (χ1) is 14.8. The topological polar surface area (TPSA) is 48.5 Å². The molecule has 1 aliphatic heterocycles. The van der Waals surface area contributed by atoms with E-state index in [0.717, 1.165) is 24.4 Å². The SMILES string of the molecule is COc1cc(C)c2[nH]ccc2c1CN1CCC2(CC2)C[C@H]1c1ccc(C(C)(C)O)cc1. The molecule has 31 heavy (non-hydrogen) atoms. The van der Waals surface area contributed by atoms with Gasteiger partial charge in [0.2, 0.25) is 0 Å². The average molecular weight is 419 g/mol. The quantitative estimate of drug-likeness (QED) is 0.548. The highest BCUT2D eigenvalue weighted by atomic mass is 16.5. The summed E-state index contributed by atoms with van der Waals surface area (Å²) in [5, 5.41) is 11.6. The number of ether oxygens (including phenoxy) is 1. The Bertz CT molecular complexity index is 1090. The molecule has 1 saturated heterocycles. The molecule has 5 rings (SSSR count). The van der Waals surface area contributed by atoms with Crippen LogP contribution < -0.4 is 4.74 Å². The van der Waals surface area contributed by atoms with E-state index in [9.17, 15) is 5.11 Å². The van der Waals surface area contributed by atoms with Gasteiger partial charge >= 0.3 is 0 Å². The Labute approximate surface area is 185 Å². The number of methoxy groups -OCH3 is 1. The first-order valence-electron chi connectivity index (χ1n) is 11.5. The highest BCUT2D eigenvalue weighted by Crippen LogP contribution is 2.58. The van der Waals surface area contributed by atoms with Crippen LogP contribution in [0.3, 0.4) is 0 Å². The van der Waals surface area contributed by atoms with E-state index in [4.69, 9.17) is 4.74 Å². The monoisotopic (exact) mass is 418 g/mol. The molecule has 164 valence electrons. The van der Waals surface area contributed by atoms with Gasteiger partial charge in [-0.2, -0.15) is 0 Å². The van der Waals surface area contributed by atoms with Crippen molar-refractivity contribution in [2.24, 2.45) is 5.41 Å². The molecule has 1 spiro atoms. The van der Waals surface area contributed by atoms with E-state index in [1.54, 1.807) is 7.11 Å². The van der Waals surface area contributed by atoms with Crippen LogP contribution in [0.1, 0.15) is 67.8 Å². The summed E-state index contributed by atoms with van der Waals surface area (Å²) in [6.45, 7) is 7.82. The number of aliphatic hydroxyl groups is 1. The Balaban J connectivity index is 1.50. The van der Waals surface area contributed by atoms with Crippen molar-refractivity contribution in [1.82, 2.24) is 9.88 Å². The summed E-state index contributed by atoms with van der Waals surface area (Å²) >= 11 is 0. The maximum absolute atomic E-state index is 10.4. The Morgan fingerprint density at radius 1 is 1.16 bits per heavy atom. The molecule has 0 amide bonds. The summed E-state index contributed by atoms with van der Waals surface area (Å²) in [5.74, 6) is 0.979. The van der Waals surface area contributed by atoms with Crippen molar-refractivity contribution in [2.75, 3.05) is 13.7 Å². The van der Waals surface area contributed by atoms with E-state index in [1.165, 1.54) is 53.3 Å². The highest BCUT2D eigenvalue weighted by molar-refractivity contribution is 5.88. The number of hydrogen-bond donors (Lipinski definition) is 2. The Kier molecular flexibility index (Phi) is 4.91. The summed E-state index contributed by atoms with van der Waals surface area (Å²) in [4.78, 5) is 6.05. The fraction of sp³-hybridized carbons (Fsp3) is 0.481. The van der Waals surface area contributed by atoms with Gasteiger partial charge in [0.15, 0.2) is 0 Å². The van der Waals surface area contributed by atoms with Crippen LogP contribution in [-0.4, -0.2) is 28.6 Å².